The molecule has 2 aromatic rings. The highest BCUT2D eigenvalue weighted by Gasteiger charge is 2.31. The number of nitrogens with one attached hydrogen (secondary N) is 5. The van der Waals surface area contributed by atoms with Crippen molar-refractivity contribution >= 4 is 42.3 Å². The Kier molecular flexibility index (Phi) is 9.12. The Bertz CT molecular complexity index is 1230. The summed E-state index contributed by atoms with van der Waals surface area (Å²) >= 11 is 0. The first-order valence-electron chi connectivity index (χ1n) is 11.5. The average molecular weight is 533 g/mol. The van der Waals surface area contributed by atoms with Crippen LogP contribution in [0.2, 0.25) is 0 Å². The van der Waals surface area contributed by atoms with E-state index in [-0.39, 0.29) is 24.7 Å². The number of aliphatic hydroxyl groups excluding tert-OH is 1. The van der Waals surface area contributed by atoms with Crippen molar-refractivity contribution in [3.05, 3.63) is 41.9 Å². The van der Waals surface area contributed by atoms with Crippen molar-refractivity contribution in [2.24, 2.45) is 10.9 Å². The van der Waals surface area contributed by atoms with Gasteiger partial charge >= 0.3 is 12.2 Å². The molecule has 3 amide bonds. The van der Waals surface area contributed by atoms with Gasteiger partial charge in [-0.3, -0.25) is 9.79 Å². The minimum Gasteiger partial charge on any atom is -0.389 e. The Morgan fingerprint density at radius 3 is 2.71 bits per heavy atom. The number of alkyl halides is 3. The number of carbonyl (C=O) groups excluding carboxylic acids is 2. The third-order valence-electron chi connectivity index (χ3n) is 5.51. The molecule has 202 valence electrons. The number of allylic oxidation sites excluding steroid dienone is 1. The molecule has 38 heavy (non-hydrogen) atoms. The first-order chi connectivity index (χ1) is 18.0. The zero-order valence-electron chi connectivity index (χ0n) is 20.3. The number of H-pyrrole nitrogens is 1. The Labute approximate surface area is 215 Å². The van der Waals surface area contributed by atoms with Crippen LogP contribution in [0.15, 0.2) is 41.0 Å². The number of β-amino-alcohol motifs (C(OH)–C–C–N with tert-alkyl or cyclic N) is 1. The quantitative estimate of drug-likeness (QED) is 0.259. The van der Waals surface area contributed by atoms with Gasteiger partial charge in [0.25, 0.3) is 0 Å². The number of carbonyl (C=O) groups is 2. The first kappa shape index (κ1) is 28.2. The van der Waals surface area contributed by atoms with Gasteiger partial charge in [0.2, 0.25) is 5.91 Å². The predicted octanol–water partition coefficient (Wildman–Crippen LogP) is 2.72. The fourth-order valence-corrected chi connectivity index (χ4v) is 3.48. The van der Waals surface area contributed by atoms with Crippen LogP contribution in [0.25, 0.3) is 17.3 Å². The van der Waals surface area contributed by atoms with Crippen LogP contribution in [0.5, 0.6) is 0 Å². The summed E-state index contributed by atoms with van der Waals surface area (Å²) in [6.07, 6.45) is 1.54. The monoisotopic (exact) mass is 532 g/mol. The molecule has 1 aliphatic rings. The van der Waals surface area contributed by atoms with Crippen LogP contribution in [0.4, 0.5) is 23.7 Å². The van der Waals surface area contributed by atoms with E-state index in [2.05, 4.69) is 20.3 Å². The number of aromatic nitrogens is 2. The minimum atomic E-state index is -4.52. The van der Waals surface area contributed by atoms with Crippen molar-refractivity contribution in [3.63, 3.8) is 0 Å². The van der Waals surface area contributed by atoms with E-state index in [1.54, 1.807) is 36.5 Å². The molecule has 1 saturated heterocycles. The van der Waals surface area contributed by atoms with Gasteiger partial charge in [0.15, 0.2) is 0 Å². The summed E-state index contributed by atoms with van der Waals surface area (Å²) in [7, 11) is 0. The zero-order valence-corrected chi connectivity index (χ0v) is 20.3. The number of likely N-dealkylation sites (tertiary alicyclic amines) is 1. The summed E-state index contributed by atoms with van der Waals surface area (Å²) in [4.78, 5) is 37.0. The number of anilines is 1. The average Bonchev–Trinajstić information content (AvgIpc) is 3.33. The van der Waals surface area contributed by atoms with Gasteiger partial charge in [0.05, 0.1) is 23.9 Å². The molecule has 1 fully saturated rings. The maximum atomic E-state index is 12.3. The molecular formula is C24H27F3N8O3. The first-order valence-corrected chi connectivity index (χ1v) is 11.5. The molecule has 2 heterocycles. The Morgan fingerprint density at radius 1 is 1.34 bits per heavy atom. The Balaban J connectivity index is 1.68. The maximum Gasteiger partial charge on any atom is 0.405 e. The van der Waals surface area contributed by atoms with Crippen LogP contribution >= 0.6 is 0 Å². The van der Waals surface area contributed by atoms with Crippen LogP contribution < -0.4 is 10.6 Å². The van der Waals surface area contributed by atoms with Crippen molar-refractivity contribution in [2.75, 3.05) is 25.0 Å². The van der Waals surface area contributed by atoms with Gasteiger partial charge in [-0.1, -0.05) is 12.1 Å². The topological polar surface area (TPSA) is 170 Å². The van der Waals surface area contributed by atoms with E-state index in [1.807, 2.05) is 0 Å². The second kappa shape index (κ2) is 12.3. The molecule has 6 N–H and O–H groups in total. The van der Waals surface area contributed by atoms with Gasteiger partial charge in [-0.15, -0.1) is 0 Å². The van der Waals surface area contributed by atoms with Crippen molar-refractivity contribution < 1.29 is 27.9 Å². The van der Waals surface area contributed by atoms with Crippen molar-refractivity contribution in [3.8, 4) is 11.3 Å². The Morgan fingerprint density at radius 2 is 2.08 bits per heavy atom. The lowest BCUT2D eigenvalue weighted by Crippen LogP contribution is -2.55. The zero-order chi connectivity index (χ0) is 27.9. The van der Waals surface area contributed by atoms with E-state index in [4.69, 9.17) is 10.8 Å². The van der Waals surface area contributed by atoms with E-state index >= 15 is 0 Å². The summed E-state index contributed by atoms with van der Waals surface area (Å²) in [5, 5.41) is 28.9. The van der Waals surface area contributed by atoms with Crippen LogP contribution in [-0.4, -0.2) is 88.5 Å². The largest absolute Gasteiger partial charge is 0.405 e. The van der Waals surface area contributed by atoms with E-state index in [0.717, 1.165) is 12.4 Å². The van der Waals surface area contributed by atoms with E-state index in [0.29, 0.717) is 22.7 Å². The van der Waals surface area contributed by atoms with Crippen LogP contribution in [-0.2, 0) is 4.79 Å². The van der Waals surface area contributed by atoms with Gasteiger partial charge in [-0.2, -0.15) is 13.2 Å². The summed E-state index contributed by atoms with van der Waals surface area (Å²) in [6.45, 7) is 0.691. The van der Waals surface area contributed by atoms with E-state index < -0.39 is 36.8 Å². The number of hydrogen-bond donors (Lipinski definition) is 6. The molecule has 0 radical (unpaired) electrons. The number of aliphatic imine (C=N–C) groups is 1. The Hall–Kier alpha value is -4.33. The second-order valence-electron chi connectivity index (χ2n) is 8.54. The van der Waals surface area contributed by atoms with E-state index in [9.17, 15) is 27.9 Å². The molecule has 1 aromatic carbocycles. The molecule has 1 aromatic heterocycles. The predicted molar refractivity (Wildman–Crippen MR) is 137 cm³/mol. The summed E-state index contributed by atoms with van der Waals surface area (Å²) in [5.74, 6) is -0.569. The number of hydrogen-bond acceptors (Lipinski definition) is 7. The molecule has 14 heteroatoms. The molecule has 2 unspecified atom stereocenters. The number of aromatic amines is 1. The molecule has 1 aliphatic heterocycles. The van der Waals surface area contributed by atoms with Gasteiger partial charge in [0, 0.05) is 43.0 Å². The lowest BCUT2D eigenvalue weighted by Gasteiger charge is -2.36. The fourth-order valence-electron chi connectivity index (χ4n) is 3.48. The normalized spacial score (nSPS) is 16.0. The summed E-state index contributed by atoms with van der Waals surface area (Å²) in [6, 6.07) is 4.68. The summed E-state index contributed by atoms with van der Waals surface area (Å²) in [5.41, 5.74) is 1.78. The number of nitrogens with zero attached hydrogens (tertiary/aromatic N) is 3. The molecule has 0 aliphatic carbocycles. The number of imidazole rings is 1. The van der Waals surface area contributed by atoms with Crippen LogP contribution in [0, 0.1) is 16.7 Å². The second-order valence-corrected chi connectivity index (χ2v) is 8.54. The number of urea groups is 1. The van der Waals surface area contributed by atoms with Gasteiger partial charge < -0.3 is 36.4 Å². The van der Waals surface area contributed by atoms with Crippen molar-refractivity contribution in [2.45, 2.75) is 25.2 Å². The highest BCUT2D eigenvalue weighted by atomic mass is 19.4. The lowest BCUT2D eigenvalue weighted by molar-refractivity contribution is -0.142. The van der Waals surface area contributed by atoms with Gasteiger partial charge in [0.1, 0.15) is 18.4 Å². The third kappa shape index (κ3) is 7.83. The number of amides is 3. The summed E-state index contributed by atoms with van der Waals surface area (Å²) < 4.78 is 36.8. The fraction of sp³-hybridized carbons (Fsp3) is 0.333. The molecule has 11 nitrogen and oxygen atoms in total. The highest BCUT2D eigenvalue weighted by Crippen LogP contribution is 2.22. The molecular weight excluding hydrogens is 505 g/mol. The number of rotatable bonds is 10. The SMILES string of the molecule is CC(N=CC(C=N)/C(C=N)=C/c1ncc(-c2cccc(NC(=O)NCC(F)(F)F)c2)[nH]1)C(=O)N1CC(O)C1. The number of halogens is 3. The molecule has 3 rings (SSSR count). The van der Waals surface area contributed by atoms with Crippen LogP contribution in [0.1, 0.15) is 12.7 Å². The molecule has 0 spiro atoms. The smallest absolute Gasteiger partial charge is 0.389 e. The molecule has 0 saturated carbocycles. The van der Waals surface area contributed by atoms with Crippen molar-refractivity contribution in [1.82, 2.24) is 20.2 Å². The van der Waals surface area contributed by atoms with E-state index in [1.165, 1.54) is 23.4 Å². The standard InChI is InChI=1S/C24H27F3N8O3/c1-14(22(37)35-11-19(36)12-35)30-9-17(8-29)16(7-28)6-21-31-10-20(34-21)15-3-2-4-18(5-15)33-23(38)32-13-24(25,26)27/h2-10,14,17,19,28-29,36H,11-13H2,1H3,(H,31,34)(H2,32,33,38)/b16-6+,28-7?,29-8?,30-9?. The molecule has 2 atom stereocenters. The van der Waals surface area contributed by atoms with Crippen molar-refractivity contribution in [1.29, 1.82) is 10.8 Å². The van der Waals surface area contributed by atoms with Crippen LogP contribution in [0.3, 0.4) is 0 Å². The highest BCUT2D eigenvalue weighted by molar-refractivity contribution is 5.99. The number of benzene rings is 1. The maximum absolute atomic E-state index is 12.3. The lowest BCUT2D eigenvalue weighted by atomic mass is 10.0. The number of aliphatic hydroxyl groups is 1. The third-order valence-corrected chi connectivity index (χ3v) is 5.51. The van der Waals surface area contributed by atoms with Gasteiger partial charge in [-0.25, -0.2) is 9.78 Å². The minimum absolute atomic E-state index is 0.235. The molecule has 0 bridgehead atoms. The van der Waals surface area contributed by atoms with Gasteiger partial charge in [-0.05, 0) is 30.7 Å².